The fraction of sp³-hybridized carbons (Fsp3) is 0.286. The summed E-state index contributed by atoms with van der Waals surface area (Å²) in [5.41, 5.74) is 0.739. The predicted octanol–water partition coefficient (Wildman–Crippen LogP) is 2.27. The zero-order valence-corrected chi connectivity index (χ0v) is 11.0. The van der Waals surface area contributed by atoms with Gasteiger partial charge in [0.15, 0.2) is 0 Å². The highest BCUT2D eigenvalue weighted by Crippen LogP contribution is 2.15. The summed E-state index contributed by atoms with van der Waals surface area (Å²) in [6.45, 7) is 4.08. The van der Waals surface area contributed by atoms with Crippen molar-refractivity contribution in [3.8, 4) is 0 Å². The molecule has 0 unspecified atom stereocenters. The van der Waals surface area contributed by atoms with Gasteiger partial charge in [0, 0.05) is 18.1 Å². The van der Waals surface area contributed by atoms with Crippen LogP contribution in [-0.4, -0.2) is 17.4 Å². The summed E-state index contributed by atoms with van der Waals surface area (Å²) in [6, 6.07) is 7.31. The number of hydrogen-bond acceptors (Lipinski definition) is 4. The Morgan fingerprint density at radius 3 is 2.68 bits per heavy atom. The molecule has 2 N–H and O–H groups in total. The fourth-order valence-electron chi connectivity index (χ4n) is 1.67. The maximum absolute atomic E-state index is 11.7. The Hall–Kier alpha value is -2.14. The molecule has 0 aliphatic carbocycles. The maximum Gasteiger partial charge on any atom is 0.238 e. The average molecular weight is 259 g/mol. The van der Waals surface area contributed by atoms with E-state index in [0.717, 1.165) is 17.2 Å². The van der Waals surface area contributed by atoms with Crippen LogP contribution in [0.3, 0.4) is 0 Å². The number of aromatic nitrogens is 1. The number of anilines is 1. The van der Waals surface area contributed by atoms with Crippen LogP contribution >= 0.6 is 0 Å². The van der Waals surface area contributed by atoms with Crippen molar-refractivity contribution in [2.75, 3.05) is 11.9 Å². The van der Waals surface area contributed by atoms with E-state index >= 15 is 0 Å². The molecule has 2 heterocycles. The summed E-state index contributed by atoms with van der Waals surface area (Å²) in [5.74, 6) is 1.60. The van der Waals surface area contributed by atoms with Crippen molar-refractivity contribution in [1.82, 2.24) is 10.3 Å². The van der Waals surface area contributed by atoms with E-state index in [9.17, 15) is 4.79 Å². The number of carbonyl (C=O) groups excluding carboxylic acids is 1. The van der Waals surface area contributed by atoms with E-state index in [1.807, 2.05) is 26.0 Å². The Labute approximate surface area is 112 Å². The smallest absolute Gasteiger partial charge is 0.238 e. The number of aryl methyl sites for hydroxylation is 1. The van der Waals surface area contributed by atoms with E-state index in [0.29, 0.717) is 0 Å². The molecule has 0 spiro atoms. The van der Waals surface area contributed by atoms with E-state index in [-0.39, 0.29) is 18.5 Å². The molecule has 1 amide bonds. The molecule has 0 radical (unpaired) electrons. The predicted molar refractivity (Wildman–Crippen MR) is 72.7 cm³/mol. The Morgan fingerprint density at radius 2 is 2.05 bits per heavy atom. The van der Waals surface area contributed by atoms with E-state index in [2.05, 4.69) is 15.6 Å². The molecule has 0 aliphatic rings. The molecule has 2 aromatic rings. The summed E-state index contributed by atoms with van der Waals surface area (Å²) in [6.07, 6.45) is 3.27. The average Bonchev–Trinajstić information content (AvgIpc) is 2.84. The topological polar surface area (TPSA) is 67.2 Å². The van der Waals surface area contributed by atoms with Crippen molar-refractivity contribution in [2.24, 2.45) is 0 Å². The molecule has 0 aromatic carbocycles. The molecule has 0 saturated carbocycles. The first-order chi connectivity index (χ1) is 9.15. The minimum atomic E-state index is -0.0960. The van der Waals surface area contributed by atoms with Gasteiger partial charge in [0.05, 0.1) is 12.6 Å². The molecule has 0 aliphatic heterocycles. The first-order valence-electron chi connectivity index (χ1n) is 6.15. The van der Waals surface area contributed by atoms with Gasteiger partial charge in [-0.15, -0.1) is 0 Å². The fourth-order valence-corrected chi connectivity index (χ4v) is 1.67. The van der Waals surface area contributed by atoms with Crippen LogP contribution in [0.5, 0.6) is 0 Å². The first-order valence-corrected chi connectivity index (χ1v) is 6.15. The monoisotopic (exact) mass is 259 g/mol. The quantitative estimate of drug-likeness (QED) is 0.864. The molecule has 0 saturated heterocycles. The maximum atomic E-state index is 11.7. The molecule has 5 heteroatoms. The number of nitrogens with zero attached hydrogens (tertiary/aromatic N) is 1. The third-order valence-corrected chi connectivity index (χ3v) is 2.72. The van der Waals surface area contributed by atoms with Crippen molar-refractivity contribution in [3.63, 3.8) is 0 Å². The van der Waals surface area contributed by atoms with Crippen molar-refractivity contribution >= 4 is 11.6 Å². The Kier molecular flexibility index (Phi) is 4.30. The van der Waals surface area contributed by atoms with E-state index < -0.39 is 0 Å². The van der Waals surface area contributed by atoms with Crippen LogP contribution < -0.4 is 10.6 Å². The molecule has 2 rings (SSSR count). The van der Waals surface area contributed by atoms with Crippen molar-refractivity contribution in [2.45, 2.75) is 19.9 Å². The molecule has 0 bridgehead atoms. The number of furan rings is 1. The van der Waals surface area contributed by atoms with Gasteiger partial charge in [-0.25, -0.2) is 0 Å². The number of amides is 1. The van der Waals surface area contributed by atoms with Crippen LogP contribution in [0.1, 0.15) is 24.5 Å². The van der Waals surface area contributed by atoms with Crippen LogP contribution in [0.2, 0.25) is 0 Å². The SMILES string of the molecule is Cc1ccc([C@@H](C)NCC(=O)Nc2ccncc2)o1. The van der Waals surface area contributed by atoms with Gasteiger partial charge in [0.1, 0.15) is 11.5 Å². The van der Waals surface area contributed by atoms with Gasteiger partial charge in [0.2, 0.25) is 5.91 Å². The van der Waals surface area contributed by atoms with Gasteiger partial charge < -0.3 is 9.73 Å². The highest BCUT2D eigenvalue weighted by molar-refractivity contribution is 5.92. The number of nitrogens with one attached hydrogen (secondary N) is 2. The van der Waals surface area contributed by atoms with Crippen molar-refractivity contribution in [1.29, 1.82) is 0 Å². The van der Waals surface area contributed by atoms with Crippen LogP contribution in [-0.2, 0) is 4.79 Å². The molecule has 5 nitrogen and oxygen atoms in total. The number of pyridine rings is 1. The second kappa shape index (κ2) is 6.15. The van der Waals surface area contributed by atoms with Crippen LogP contribution in [0.4, 0.5) is 5.69 Å². The zero-order chi connectivity index (χ0) is 13.7. The highest BCUT2D eigenvalue weighted by Gasteiger charge is 2.10. The van der Waals surface area contributed by atoms with E-state index in [1.165, 1.54) is 0 Å². The lowest BCUT2D eigenvalue weighted by Gasteiger charge is -2.11. The van der Waals surface area contributed by atoms with Crippen molar-refractivity contribution < 1.29 is 9.21 Å². The third-order valence-electron chi connectivity index (χ3n) is 2.72. The van der Waals surface area contributed by atoms with Crippen molar-refractivity contribution in [3.05, 3.63) is 48.2 Å². The Morgan fingerprint density at radius 1 is 1.32 bits per heavy atom. The summed E-state index contributed by atoms with van der Waals surface area (Å²) in [5, 5.41) is 5.89. The summed E-state index contributed by atoms with van der Waals surface area (Å²) in [4.78, 5) is 15.6. The molecule has 19 heavy (non-hydrogen) atoms. The first kappa shape index (κ1) is 13.3. The number of hydrogen-bond donors (Lipinski definition) is 2. The van der Waals surface area contributed by atoms with Crippen LogP contribution in [0, 0.1) is 6.92 Å². The third kappa shape index (κ3) is 3.93. The Balaban J connectivity index is 1.80. The lowest BCUT2D eigenvalue weighted by molar-refractivity contribution is -0.115. The Bertz CT molecular complexity index is 537. The normalized spacial score (nSPS) is 12.1. The second-order valence-electron chi connectivity index (χ2n) is 4.34. The zero-order valence-electron chi connectivity index (χ0n) is 11.0. The highest BCUT2D eigenvalue weighted by atomic mass is 16.3. The minimum absolute atomic E-state index is 0.00288. The summed E-state index contributed by atoms with van der Waals surface area (Å²) >= 11 is 0. The standard InChI is InChI=1S/C14H17N3O2/c1-10-3-4-13(19-10)11(2)16-9-14(18)17-12-5-7-15-8-6-12/h3-8,11,16H,9H2,1-2H3,(H,15,17,18)/t11-/m1/s1. The summed E-state index contributed by atoms with van der Waals surface area (Å²) in [7, 11) is 0. The lowest BCUT2D eigenvalue weighted by atomic mass is 10.2. The van der Waals surface area contributed by atoms with Gasteiger partial charge in [-0.05, 0) is 38.1 Å². The van der Waals surface area contributed by atoms with Crippen LogP contribution in [0.25, 0.3) is 0 Å². The van der Waals surface area contributed by atoms with Gasteiger partial charge in [-0.2, -0.15) is 0 Å². The molecule has 2 aromatic heterocycles. The van der Waals surface area contributed by atoms with E-state index in [4.69, 9.17) is 4.42 Å². The van der Waals surface area contributed by atoms with E-state index in [1.54, 1.807) is 24.5 Å². The van der Waals surface area contributed by atoms with Gasteiger partial charge in [-0.1, -0.05) is 0 Å². The number of rotatable bonds is 5. The lowest BCUT2D eigenvalue weighted by Crippen LogP contribution is -2.29. The van der Waals surface area contributed by atoms with Gasteiger partial charge in [-0.3, -0.25) is 15.1 Å². The number of carbonyl (C=O) groups is 1. The van der Waals surface area contributed by atoms with Gasteiger partial charge in [0.25, 0.3) is 0 Å². The minimum Gasteiger partial charge on any atom is -0.465 e. The van der Waals surface area contributed by atoms with Gasteiger partial charge >= 0.3 is 0 Å². The molecule has 100 valence electrons. The van der Waals surface area contributed by atoms with Crippen LogP contribution in [0.15, 0.2) is 41.1 Å². The molecular weight excluding hydrogens is 242 g/mol. The second-order valence-corrected chi connectivity index (χ2v) is 4.34. The largest absolute Gasteiger partial charge is 0.465 e. The molecule has 0 fully saturated rings. The molecular formula is C14H17N3O2. The molecule has 1 atom stereocenters. The summed E-state index contributed by atoms with van der Waals surface area (Å²) < 4.78 is 5.49.